The molecule has 0 bridgehead atoms. The SMILES string of the molecule is CCOP(=O)(OCC)[C@@](C)(CC)NC(=S)Nc1c(C)cc(C)cc1C. The zero-order chi connectivity index (χ0) is 19.3. The van der Waals surface area contributed by atoms with Crippen LogP contribution in [0.15, 0.2) is 12.1 Å². The second-order valence-corrected chi connectivity index (χ2v) is 9.22. The fraction of sp³-hybridized carbons (Fsp3) is 0.611. The summed E-state index contributed by atoms with van der Waals surface area (Å²) in [6.45, 7) is 14.1. The van der Waals surface area contributed by atoms with Gasteiger partial charge in [0.2, 0.25) is 0 Å². The van der Waals surface area contributed by atoms with Crippen molar-refractivity contribution < 1.29 is 13.6 Å². The van der Waals surface area contributed by atoms with Gasteiger partial charge in [-0.2, -0.15) is 0 Å². The third-order valence-electron chi connectivity index (χ3n) is 4.19. The molecule has 0 aromatic heterocycles. The van der Waals surface area contributed by atoms with Gasteiger partial charge in [-0.1, -0.05) is 24.6 Å². The van der Waals surface area contributed by atoms with Gasteiger partial charge in [-0.05, 0) is 71.3 Å². The van der Waals surface area contributed by atoms with Crippen LogP contribution in [-0.4, -0.2) is 23.6 Å². The Kier molecular flexibility index (Phi) is 8.07. The molecule has 0 amide bonds. The molecular weight excluding hydrogens is 355 g/mol. The van der Waals surface area contributed by atoms with Gasteiger partial charge in [0.25, 0.3) is 0 Å². The van der Waals surface area contributed by atoms with Crippen molar-refractivity contribution in [3.63, 3.8) is 0 Å². The van der Waals surface area contributed by atoms with Crippen LogP contribution in [0.25, 0.3) is 0 Å². The number of anilines is 1. The minimum absolute atomic E-state index is 0.310. The van der Waals surface area contributed by atoms with Gasteiger partial charge in [0, 0.05) is 5.69 Å². The Labute approximate surface area is 157 Å². The van der Waals surface area contributed by atoms with Crippen molar-refractivity contribution in [2.24, 2.45) is 0 Å². The summed E-state index contributed by atoms with van der Waals surface area (Å²) in [5, 5.41) is 5.91. The van der Waals surface area contributed by atoms with Crippen molar-refractivity contribution >= 4 is 30.6 Å². The fourth-order valence-electron chi connectivity index (χ4n) is 2.78. The van der Waals surface area contributed by atoms with Gasteiger partial charge < -0.3 is 19.7 Å². The van der Waals surface area contributed by atoms with E-state index < -0.39 is 12.9 Å². The van der Waals surface area contributed by atoms with Gasteiger partial charge in [-0.15, -0.1) is 0 Å². The second-order valence-electron chi connectivity index (χ2n) is 6.31. The molecule has 7 heteroatoms. The molecule has 0 aliphatic rings. The topological polar surface area (TPSA) is 59.6 Å². The maximum atomic E-state index is 13.2. The molecule has 0 heterocycles. The average Bonchev–Trinajstić information content (AvgIpc) is 2.51. The molecule has 1 rings (SSSR count). The van der Waals surface area contributed by atoms with Crippen LogP contribution in [0, 0.1) is 20.8 Å². The first kappa shape index (κ1) is 22.1. The van der Waals surface area contributed by atoms with Crippen molar-refractivity contribution in [2.45, 2.75) is 60.2 Å². The number of rotatable bonds is 8. The number of thiocarbonyl (C=S) groups is 1. The summed E-state index contributed by atoms with van der Waals surface area (Å²) in [5.41, 5.74) is 4.38. The summed E-state index contributed by atoms with van der Waals surface area (Å²) in [6.07, 6.45) is 0.540. The van der Waals surface area contributed by atoms with Gasteiger partial charge >= 0.3 is 7.60 Å². The van der Waals surface area contributed by atoms with Gasteiger partial charge in [0.1, 0.15) is 5.28 Å². The van der Waals surface area contributed by atoms with Gasteiger partial charge in [-0.3, -0.25) is 4.57 Å². The lowest BCUT2D eigenvalue weighted by atomic mass is 10.1. The molecule has 0 saturated carbocycles. The standard InChI is InChI=1S/C18H31N2O3PS/c1-8-18(7,24(21,22-9-2)23-10-3)20-17(25)19-16-14(5)11-13(4)12-15(16)6/h11-12H,8-10H2,1-7H3,(H2,19,20,25)/t18-/m0/s1. The first-order chi connectivity index (χ1) is 11.6. The molecular formula is C18H31N2O3PS. The summed E-state index contributed by atoms with van der Waals surface area (Å²) in [6, 6.07) is 4.20. The van der Waals surface area contributed by atoms with Gasteiger partial charge in [0.15, 0.2) is 5.11 Å². The molecule has 0 aliphatic carbocycles. The predicted molar refractivity (Wildman–Crippen MR) is 110 cm³/mol. The smallest absolute Gasteiger partial charge is 0.346 e. The Morgan fingerprint density at radius 3 is 2.00 bits per heavy atom. The number of hydrogen-bond acceptors (Lipinski definition) is 4. The second kappa shape index (κ2) is 9.13. The summed E-state index contributed by atoms with van der Waals surface area (Å²) in [4.78, 5) is 0. The van der Waals surface area contributed by atoms with E-state index in [-0.39, 0.29) is 0 Å². The van der Waals surface area contributed by atoms with Crippen LogP contribution >= 0.6 is 19.8 Å². The first-order valence-electron chi connectivity index (χ1n) is 8.68. The summed E-state index contributed by atoms with van der Waals surface area (Å²) >= 11 is 5.49. The quantitative estimate of drug-likeness (QED) is 0.468. The molecule has 0 spiro atoms. The lowest BCUT2D eigenvalue weighted by Gasteiger charge is -2.36. The van der Waals surface area contributed by atoms with Crippen molar-refractivity contribution in [3.05, 3.63) is 28.8 Å². The molecule has 1 atom stereocenters. The Hall–Kier alpha value is -0.940. The molecule has 142 valence electrons. The lowest BCUT2D eigenvalue weighted by Crippen LogP contribution is -2.48. The third-order valence-corrected chi connectivity index (χ3v) is 7.23. The molecule has 1 aromatic carbocycles. The van der Waals surface area contributed by atoms with Crippen LogP contribution in [0.1, 0.15) is 50.8 Å². The maximum absolute atomic E-state index is 13.2. The normalized spacial score (nSPS) is 14.0. The van der Waals surface area contributed by atoms with Crippen LogP contribution in [0.5, 0.6) is 0 Å². The minimum Gasteiger partial charge on any atom is -0.346 e. The van der Waals surface area contributed by atoms with E-state index in [9.17, 15) is 4.57 Å². The van der Waals surface area contributed by atoms with Crippen molar-refractivity contribution in [1.82, 2.24) is 5.32 Å². The molecule has 0 aliphatic heterocycles. The van der Waals surface area contributed by atoms with E-state index >= 15 is 0 Å². The van der Waals surface area contributed by atoms with Crippen LogP contribution in [0.2, 0.25) is 0 Å². The molecule has 1 aromatic rings. The Balaban J connectivity index is 3.04. The number of aryl methyl sites for hydroxylation is 3. The monoisotopic (exact) mass is 386 g/mol. The zero-order valence-corrected chi connectivity index (χ0v) is 18.1. The molecule has 0 fully saturated rings. The molecule has 0 unspecified atom stereocenters. The summed E-state index contributed by atoms with van der Waals surface area (Å²) in [7, 11) is -3.37. The highest BCUT2D eigenvalue weighted by atomic mass is 32.1. The van der Waals surface area contributed by atoms with E-state index in [1.54, 1.807) is 13.8 Å². The third kappa shape index (κ3) is 5.27. The first-order valence-corrected chi connectivity index (χ1v) is 10.6. The number of hydrogen-bond donors (Lipinski definition) is 2. The highest BCUT2D eigenvalue weighted by Gasteiger charge is 2.46. The Morgan fingerprint density at radius 2 is 1.60 bits per heavy atom. The largest absolute Gasteiger partial charge is 0.355 e. The van der Waals surface area contributed by atoms with Crippen LogP contribution in [0.4, 0.5) is 5.69 Å². The van der Waals surface area contributed by atoms with E-state index in [0.29, 0.717) is 24.7 Å². The van der Waals surface area contributed by atoms with E-state index in [4.69, 9.17) is 21.3 Å². The van der Waals surface area contributed by atoms with E-state index in [1.807, 2.05) is 27.7 Å². The summed E-state index contributed by atoms with van der Waals surface area (Å²) in [5.74, 6) is 0. The van der Waals surface area contributed by atoms with E-state index in [0.717, 1.165) is 16.8 Å². The van der Waals surface area contributed by atoms with Crippen molar-refractivity contribution in [3.8, 4) is 0 Å². The fourth-order valence-corrected chi connectivity index (χ4v) is 5.14. The van der Waals surface area contributed by atoms with Crippen LogP contribution in [0.3, 0.4) is 0 Å². The Morgan fingerprint density at radius 1 is 1.12 bits per heavy atom. The maximum Gasteiger partial charge on any atom is 0.355 e. The van der Waals surface area contributed by atoms with Crippen LogP contribution in [-0.2, 0) is 13.6 Å². The molecule has 25 heavy (non-hydrogen) atoms. The van der Waals surface area contributed by atoms with E-state index in [2.05, 4.69) is 29.7 Å². The van der Waals surface area contributed by atoms with Crippen molar-refractivity contribution in [1.29, 1.82) is 0 Å². The highest BCUT2D eigenvalue weighted by Crippen LogP contribution is 2.59. The Bertz CT molecular complexity index is 633. The highest BCUT2D eigenvalue weighted by molar-refractivity contribution is 7.80. The predicted octanol–water partition coefficient (Wildman–Crippen LogP) is 5.29. The van der Waals surface area contributed by atoms with Crippen molar-refractivity contribution in [2.75, 3.05) is 18.5 Å². The van der Waals surface area contributed by atoms with Gasteiger partial charge in [-0.25, -0.2) is 0 Å². The molecule has 5 nitrogen and oxygen atoms in total. The molecule has 2 N–H and O–H groups in total. The zero-order valence-electron chi connectivity index (χ0n) is 16.4. The number of benzene rings is 1. The van der Waals surface area contributed by atoms with Gasteiger partial charge in [0.05, 0.1) is 13.2 Å². The summed E-state index contributed by atoms with van der Waals surface area (Å²) < 4.78 is 24.3. The van der Waals surface area contributed by atoms with E-state index in [1.165, 1.54) is 5.56 Å². The lowest BCUT2D eigenvalue weighted by molar-refractivity contribution is 0.193. The molecule has 0 saturated heterocycles. The molecule has 0 radical (unpaired) electrons. The number of nitrogens with one attached hydrogen (secondary N) is 2. The van der Waals surface area contributed by atoms with Crippen LogP contribution < -0.4 is 10.6 Å². The average molecular weight is 386 g/mol. The minimum atomic E-state index is -3.37.